The average Bonchev–Trinajstić information content (AvgIpc) is 3.05. The van der Waals surface area contributed by atoms with E-state index in [2.05, 4.69) is 47.1 Å². The van der Waals surface area contributed by atoms with Crippen LogP contribution < -0.4 is 0 Å². The third-order valence-electron chi connectivity index (χ3n) is 5.56. The third-order valence-corrected chi connectivity index (χ3v) is 5.56. The molecule has 3 unspecified atom stereocenters. The first kappa shape index (κ1) is 17.9. The van der Waals surface area contributed by atoms with Gasteiger partial charge in [0, 0.05) is 32.2 Å². The van der Waals surface area contributed by atoms with E-state index in [0.29, 0.717) is 12.0 Å². The van der Waals surface area contributed by atoms with Gasteiger partial charge in [-0.25, -0.2) is 0 Å². The zero-order valence-electron chi connectivity index (χ0n) is 14.9. The Balaban J connectivity index is 1.57. The number of β-amino-alcohol motifs (C(OH)–C–C–N with tert-alkyl or cyclic N) is 1. The van der Waals surface area contributed by atoms with E-state index in [4.69, 9.17) is 4.74 Å². The van der Waals surface area contributed by atoms with Crippen LogP contribution in [0.1, 0.15) is 37.7 Å². The van der Waals surface area contributed by atoms with Crippen LogP contribution in [0.3, 0.4) is 0 Å². The van der Waals surface area contributed by atoms with Crippen LogP contribution in [0.4, 0.5) is 0 Å². The van der Waals surface area contributed by atoms with Crippen molar-refractivity contribution in [1.82, 2.24) is 9.80 Å². The second-order valence-electron chi connectivity index (χ2n) is 7.20. The SMILES string of the molecule is CCC(c1ccccc1)C1CCCN1CC(O)CN1CCOCC1. The normalized spacial score (nSPS) is 25.7. The molecule has 0 aliphatic carbocycles. The minimum Gasteiger partial charge on any atom is -0.390 e. The summed E-state index contributed by atoms with van der Waals surface area (Å²) in [5, 5.41) is 10.6. The minimum atomic E-state index is -0.267. The highest BCUT2D eigenvalue weighted by Crippen LogP contribution is 2.33. The Morgan fingerprint density at radius 2 is 1.88 bits per heavy atom. The second kappa shape index (κ2) is 8.95. The van der Waals surface area contributed by atoms with Crippen molar-refractivity contribution in [3.63, 3.8) is 0 Å². The van der Waals surface area contributed by atoms with E-state index < -0.39 is 0 Å². The van der Waals surface area contributed by atoms with E-state index in [9.17, 15) is 5.11 Å². The van der Waals surface area contributed by atoms with Gasteiger partial charge in [0.15, 0.2) is 0 Å². The Morgan fingerprint density at radius 3 is 2.58 bits per heavy atom. The molecular formula is C20H32N2O2. The Kier molecular flexibility index (Phi) is 6.67. The quantitative estimate of drug-likeness (QED) is 0.831. The first-order valence-corrected chi connectivity index (χ1v) is 9.55. The zero-order valence-corrected chi connectivity index (χ0v) is 14.9. The van der Waals surface area contributed by atoms with Crippen LogP contribution in [0.5, 0.6) is 0 Å². The van der Waals surface area contributed by atoms with E-state index in [-0.39, 0.29) is 6.10 Å². The van der Waals surface area contributed by atoms with E-state index in [1.807, 2.05) is 0 Å². The fourth-order valence-corrected chi connectivity index (χ4v) is 4.37. The van der Waals surface area contributed by atoms with Crippen molar-refractivity contribution in [2.24, 2.45) is 0 Å². The molecule has 0 saturated carbocycles. The van der Waals surface area contributed by atoms with E-state index in [1.54, 1.807) is 0 Å². The van der Waals surface area contributed by atoms with Crippen molar-refractivity contribution in [1.29, 1.82) is 0 Å². The Bertz CT molecular complexity index is 476. The monoisotopic (exact) mass is 332 g/mol. The highest BCUT2D eigenvalue weighted by Gasteiger charge is 2.32. The number of hydrogen-bond donors (Lipinski definition) is 1. The lowest BCUT2D eigenvalue weighted by atomic mass is 9.87. The summed E-state index contributed by atoms with van der Waals surface area (Å²) in [5.74, 6) is 0.573. The highest BCUT2D eigenvalue weighted by atomic mass is 16.5. The molecule has 4 nitrogen and oxygen atoms in total. The number of ether oxygens (including phenoxy) is 1. The van der Waals surface area contributed by atoms with Gasteiger partial charge in [-0.05, 0) is 37.3 Å². The predicted octanol–water partition coefficient (Wildman–Crippen LogP) is 2.34. The fraction of sp³-hybridized carbons (Fsp3) is 0.700. The molecule has 2 aliphatic heterocycles. The van der Waals surface area contributed by atoms with Crippen LogP contribution in [0.15, 0.2) is 30.3 Å². The molecule has 1 aromatic carbocycles. The van der Waals surface area contributed by atoms with Crippen LogP contribution in [0.2, 0.25) is 0 Å². The number of aliphatic hydroxyl groups excluding tert-OH is 1. The smallest absolute Gasteiger partial charge is 0.0793 e. The maximum atomic E-state index is 10.6. The Hall–Kier alpha value is -0.940. The molecule has 2 saturated heterocycles. The maximum Gasteiger partial charge on any atom is 0.0793 e. The van der Waals surface area contributed by atoms with Crippen LogP contribution in [-0.2, 0) is 4.74 Å². The fourth-order valence-electron chi connectivity index (χ4n) is 4.37. The maximum absolute atomic E-state index is 10.6. The molecule has 3 atom stereocenters. The van der Waals surface area contributed by atoms with Gasteiger partial charge in [0.25, 0.3) is 0 Å². The van der Waals surface area contributed by atoms with Gasteiger partial charge in [-0.3, -0.25) is 9.80 Å². The molecule has 0 amide bonds. The molecule has 2 fully saturated rings. The molecule has 3 rings (SSSR count). The number of nitrogens with zero attached hydrogens (tertiary/aromatic N) is 2. The van der Waals surface area contributed by atoms with Gasteiger partial charge in [-0.2, -0.15) is 0 Å². The molecule has 1 aromatic rings. The summed E-state index contributed by atoms with van der Waals surface area (Å²) in [6.45, 7) is 8.46. The van der Waals surface area contributed by atoms with Crippen LogP contribution in [-0.4, -0.2) is 73.0 Å². The lowest BCUT2D eigenvalue weighted by Gasteiger charge is -2.34. The molecule has 0 radical (unpaired) electrons. The number of hydrogen-bond acceptors (Lipinski definition) is 4. The molecule has 0 bridgehead atoms. The number of morpholine rings is 1. The van der Waals surface area contributed by atoms with Gasteiger partial charge in [0.2, 0.25) is 0 Å². The summed E-state index contributed by atoms with van der Waals surface area (Å²) in [7, 11) is 0. The van der Waals surface area contributed by atoms with Crippen molar-refractivity contribution >= 4 is 0 Å². The van der Waals surface area contributed by atoms with E-state index in [0.717, 1.165) is 52.4 Å². The lowest BCUT2D eigenvalue weighted by molar-refractivity contribution is 0.00500. The van der Waals surface area contributed by atoms with Crippen molar-refractivity contribution in [3.8, 4) is 0 Å². The van der Waals surface area contributed by atoms with Crippen molar-refractivity contribution in [3.05, 3.63) is 35.9 Å². The van der Waals surface area contributed by atoms with Gasteiger partial charge in [-0.1, -0.05) is 37.3 Å². The van der Waals surface area contributed by atoms with Crippen LogP contribution >= 0.6 is 0 Å². The molecule has 2 aliphatic rings. The topological polar surface area (TPSA) is 35.9 Å². The molecule has 1 N–H and O–H groups in total. The highest BCUT2D eigenvalue weighted by molar-refractivity contribution is 5.21. The molecule has 24 heavy (non-hydrogen) atoms. The first-order valence-electron chi connectivity index (χ1n) is 9.55. The third kappa shape index (κ3) is 4.57. The van der Waals surface area contributed by atoms with E-state index in [1.165, 1.54) is 18.4 Å². The van der Waals surface area contributed by atoms with Gasteiger partial charge < -0.3 is 9.84 Å². The van der Waals surface area contributed by atoms with E-state index >= 15 is 0 Å². The predicted molar refractivity (Wildman–Crippen MR) is 97.3 cm³/mol. The zero-order chi connectivity index (χ0) is 16.8. The van der Waals surface area contributed by atoms with Crippen LogP contribution in [0, 0.1) is 0 Å². The summed E-state index contributed by atoms with van der Waals surface area (Å²) in [4.78, 5) is 4.86. The molecule has 4 heteroatoms. The molecule has 0 aromatic heterocycles. The summed E-state index contributed by atoms with van der Waals surface area (Å²) < 4.78 is 5.39. The number of likely N-dealkylation sites (tertiary alicyclic amines) is 1. The van der Waals surface area contributed by atoms with Crippen LogP contribution in [0.25, 0.3) is 0 Å². The summed E-state index contributed by atoms with van der Waals surface area (Å²) in [6, 6.07) is 11.5. The standard InChI is InChI=1S/C20H32N2O2/c1-2-19(17-7-4-3-5-8-17)20-9-6-10-22(20)16-18(23)15-21-11-13-24-14-12-21/h3-5,7-8,18-20,23H,2,6,9-16H2,1H3. The van der Waals surface area contributed by atoms with Gasteiger partial charge in [0.05, 0.1) is 19.3 Å². The average molecular weight is 332 g/mol. The molecule has 134 valence electrons. The molecule has 2 heterocycles. The number of aliphatic hydroxyl groups is 1. The molecular weight excluding hydrogens is 300 g/mol. The second-order valence-corrected chi connectivity index (χ2v) is 7.20. The summed E-state index contributed by atoms with van der Waals surface area (Å²) >= 11 is 0. The molecule has 0 spiro atoms. The van der Waals surface area contributed by atoms with Gasteiger partial charge in [0.1, 0.15) is 0 Å². The largest absolute Gasteiger partial charge is 0.390 e. The van der Waals surface area contributed by atoms with Gasteiger partial charge in [-0.15, -0.1) is 0 Å². The first-order chi connectivity index (χ1) is 11.8. The Labute approximate surface area is 146 Å². The Morgan fingerprint density at radius 1 is 1.12 bits per heavy atom. The lowest BCUT2D eigenvalue weighted by Crippen LogP contribution is -2.46. The summed E-state index contributed by atoms with van der Waals surface area (Å²) in [6.07, 6.45) is 3.39. The number of benzene rings is 1. The minimum absolute atomic E-state index is 0.267. The van der Waals surface area contributed by atoms with Crippen molar-refractivity contribution in [2.45, 2.75) is 44.2 Å². The summed E-state index contributed by atoms with van der Waals surface area (Å²) in [5.41, 5.74) is 1.44. The number of rotatable bonds is 7. The van der Waals surface area contributed by atoms with Gasteiger partial charge >= 0.3 is 0 Å². The van der Waals surface area contributed by atoms with Crippen molar-refractivity contribution < 1.29 is 9.84 Å². The van der Waals surface area contributed by atoms with Crippen molar-refractivity contribution in [2.75, 3.05) is 45.9 Å².